The van der Waals surface area contributed by atoms with Crippen LogP contribution in [0.5, 0.6) is 0 Å². The van der Waals surface area contributed by atoms with E-state index in [1.807, 2.05) is 10.7 Å². The van der Waals surface area contributed by atoms with E-state index in [2.05, 4.69) is 115 Å². The Morgan fingerprint density at radius 2 is 1.66 bits per heavy atom. The first-order valence-electron chi connectivity index (χ1n) is 12.7. The predicted molar refractivity (Wildman–Crippen MR) is 157 cm³/mol. The Hall–Kier alpha value is -4.49. The molecule has 3 aromatic carbocycles. The third-order valence-corrected chi connectivity index (χ3v) is 7.94. The zero-order valence-corrected chi connectivity index (χ0v) is 22.2. The summed E-state index contributed by atoms with van der Waals surface area (Å²) in [5.74, 6) is 2.34. The maximum Gasteiger partial charge on any atom is 0.179 e. The molecule has 2 aliphatic heterocycles. The minimum atomic E-state index is -0.0809. The number of nitrogens with one attached hydrogen (secondary N) is 1. The molecule has 0 fully saturated rings. The molecule has 1 N–H and O–H groups in total. The number of amidine groups is 2. The Balaban J connectivity index is 1.49. The van der Waals surface area contributed by atoms with E-state index < -0.39 is 0 Å². The largest absolute Gasteiger partial charge is 0.337 e. The first-order valence-corrected chi connectivity index (χ1v) is 13.5. The molecule has 0 bridgehead atoms. The number of fused-ring (bicyclic) bond motifs is 4. The van der Waals surface area contributed by atoms with Gasteiger partial charge in [-0.2, -0.15) is 5.10 Å². The number of hydrogen-bond acceptors (Lipinski definition) is 6. The van der Waals surface area contributed by atoms with E-state index in [9.17, 15) is 0 Å². The highest BCUT2D eigenvalue weighted by atomic mass is 32.1. The first-order chi connectivity index (χ1) is 18.6. The van der Waals surface area contributed by atoms with Crippen LogP contribution in [-0.4, -0.2) is 21.5 Å². The van der Waals surface area contributed by atoms with E-state index in [0.717, 1.165) is 51.5 Å². The summed E-state index contributed by atoms with van der Waals surface area (Å²) in [5.41, 5.74) is 8.39. The van der Waals surface area contributed by atoms with Gasteiger partial charge in [-0.05, 0) is 74.2 Å². The number of para-hydroxylation sites is 2. The molecule has 38 heavy (non-hydrogen) atoms. The van der Waals surface area contributed by atoms with Crippen LogP contribution in [0.3, 0.4) is 0 Å². The minimum absolute atomic E-state index is 0.0809. The van der Waals surface area contributed by atoms with E-state index >= 15 is 0 Å². The number of rotatable bonds is 3. The van der Waals surface area contributed by atoms with Crippen LogP contribution in [0.1, 0.15) is 33.3 Å². The average molecular weight is 515 g/mol. The number of thiophene rings is 1. The van der Waals surface area contributed by atoms with Crippen LogP contribution in [0.25, 0.3) is 5.69 Å². The normalized spacial score (nSPS) is 15.8. The molecule has 7 rings (SSSR count). The molecule has 1 atom stereocenters. The van der Waals surface area contributed by atoms with Gasteiger partial charge in [-0.25, -0.2) is 14.7 Å². The molecule has 0 radical (unpaired) electrons. The number of aliphatic imine (C=N–C) groups is 2. The first kappa shape index (κ1) is 22.7. The average Bonchev–Trinajstić information content (AvgIpc) is 3.57. The van der Waals surface area contributed by atoms with Crippen molar-refractivity contribution in [3.05, 3.63) is 118 Å². The summed E-state index contributed by atoms with van der Waals surface area (Å²) in [7, 11) is 0. The Morgan fingerprint density at radius 3 is 2.45 bits per heavy atom. The molecule has 5 aromatic rings. The Kier molecular flexibility index (Phi) is 5.26. The molecule has 2 aliphatic rings. The van der Waals surface area contributed by atoms with Crippen molar-refractivity contribution in [1.82, 2.24) is 9.78 Å². The van der Waals surface area contributed by atoms with Crippen LogP contribution in [0.4, 0.5) is 22.9 Å². The summed E-state index contributed by atoms with van der Waals surface area (Å²) in [4.78, 5) is 13.9. The highest BCUT2D eigenvalue weighted by Gasteiger charge is 2.41. The second-order valence-corrected chi connectivity index (χ2v) is 10.7. The summed E-state index contributed by atoms with van der Waals surface area (Å²) in [6, 6.07) is 29.3. The summed E-state index contributed by atoms with van der Waals surface area (Å²) in [6.45, 7) is 6.27. The van der Waals surface area contributed by atoms with Crippen molar-refractivity contribution in [2.75, 3.05) is 10.2 Å². The molecule has 186 valence electrons. The molecule has 0 spiro atoms. The van der Waals surface area contributed by atoms with Crippen molar-refractivity contribution in [3.8, 4) is 5.69 Å². The van der Waals surface area contributed by atoms with Crippen molar-refractivity contribution >= 4 is 45.9 Å². The maximum atomic E-state index is 5.30. The third-order valence-electron chi connectivity index (χ3n) is 7.01. The van der Waals surface area contributed by atoms with Gasteiger partial charge in [-0.1, -0.05) is 48.0 Å². The standard InChI is InChI=1S/C31H26N6S/c1-19-13-15-23(16-14-19)37-30-27(21(3)35-37)28(26-12-7-17-38-26)36-25-11-5-4-10-24(25)33-29(31(36)34-30)32-22-9-6-8-20(2)18-22/h4-18,28H,1-3H3,(H,32,33). The molecular formula is C31H26N6S. The second kappa shape index (κ2) is 8.82. The van der Waals surface area contributed by atoms with Crippen molar-refractivity contribution in [3.63, 3.8) is 0 Å². The Morgan fingerprint density at radius 1 is 0.816 bits per heavy atom. The minimum Gasteiger partial charge on any atom is -0.337 e. The van der Waals surface area contributed by atoms with E-state index in [0.29, 0.717) is 0 Å². The van der Waals surface area contributed by atoms with Gasteiger partial charge in [0.2, 0.25) is 0 Å². The number of benzene rings is 3. The summed E-state index contributed by atoms with van der Waals surface area (Å²) < 4.78 is 1.97. The van der Waals surface area contributed by atoms with Crippen molar-refractivity contribution in [1.29, 1.82) is 0 Å². The summed E-state index contributed by atoms with van der Waals surface area (Å²) in [6.07, 6.45) is 0. The quantitative estimate of drug-likeness (QED) is 0.269. The van der Waals surface area contributed by atoms with Gasteiger partial charge >= 0.3 is 0 Å². The molecular weight excluding hydrogens is 488 g/mol. The van der Waals surface area contributed by atoms with Crippen molar-refractivity contribution in [2.45, 2.75) is 26.8 Å². The molecule has 0 saturated carbocycles. The zero-order valence-electron chi connectivity index (χ0n) is 21.4. The number of anilines is 2. The van der Waals surface area contributed by atoms with Crippen LogP contribution < -0.4 is 10.2 Å². The molecule has 0 amide bonds. The Bertz CT molecular complexity index is 1730. The van der Waals surface area contributed by atoms with E-state index in [1.165, 1.54) is 16.0 Å². The summed E-state index contributed by atoms with van der Waals surface area (Å²) in [5, 5.41) is 10.7. The van der Waals surface area contributed by atoms with Crippen LogP contribution in [-0.2, 0) is 0 Å². The number of nitrogens with zero attached hydrogens (tertiary/aromatic N) is 5. The molecule has 1 unspecified atom stereocenters. The topological polar surface area (TPSA) is 57.8 Å². The fourth-order valence-electron chi connectivity index (χ4n) is 5.24. The van der Waals surface area contributed by atoms with E-state index in [1.54, 1.807) is 11.3 Å². The monoisotopic (exact) mass is 514 g/mol. The van der Waals surface area contributed by atoms with E-state index in [4.69, 9.17) is 15.1 Å². The van der Waals surface area contributed by atoms with Crippen LogP contribution in [0.2, 0.25) is 0 Å². The van der Waals surface area contributed by atoms with Gasteiger partial charge in [0.15, 0.2) is 17.5 Å². The van der Waals surface area contributed by atoms with Gasteiger partial charge in [-0.15, -0.1) is 11.3 Å². The number of aryl methyl sites for hydroxylation is 3. The number of aromatic nitrogens is 2. The van der Waals surface area contributed by atoms with Crippen LogP contribution in [0, 0.1) is 20.8 Å². The van der Waals surface area contributed by atoms with Crippen molar-refractivity contribution in [2.24, 2.45) is 9.98 Å². The third kappa shape index (κ3) is 3.66. The van der Waals surface area contributed by atoms with Crippen LogP contribution >= 0.6 is 11.3 Å². The summed E-state index contributed by atoms with van der Waals surface area (Å²) >= 11 is 1.75. The Labute approximate surface area is 225 Å². The van der Waals surface area contributed by atoms with Crippen LogP contribution in [0.15, 0.2) is 100 Å². The molecule has 7 heteroatoms. The second-order valence-electron chi connectivity index (χ2n) is 9.74. The van der Waals surface area contributed by atoms with E-state index in [-0.39, 0.29) is 6.04 Å². The van der Waals surface area contributed by atoms with Gasteiger partial charge in [0, 0.05) is 16.1 Å². The maximum absolute atomic E-state index is 5.30. The van der Waals surface area contributed by atoms with Gasteiger partial charge < -0.3 is 10.2 Å². The lowest BCUT2D eigenvalue weighted by Gasteiger charge is -2.40. The van der Waals surface area contributed by atoms with Gasteiger partial charge in [0.05, 0.1) is 22.8 Å². The predicted octanol–water partition coefficient (Wildman–Crippen LogP) is 7.65. The zero-order chi connectivity index (χ0) is 25.8. The number of hydrogen-bond donors (Lipinski definition) is 1. The van der Waals surface area contributed by atoms with Gasteiger partial charge in [0.25, 0.3) is 0 Å². The van der Waals surface area contributed by atoms with Gasteiger partial charge in [-0.3, -0.25) is 0 Å². The lowest BCUT2D eigenvalue weighted by Crippen LogP contribution is -2.46. The molecule has 0 aliphatic carbocycles. The fourth-order valence-corrected chi connectivity index (χ4v) is 6.06. The SMILES string of the molecule is Cc1ccc(-n2nc(C)c3c2N=C2C(Nc4cccc(C)c4)=Nc4ccccc4N2C3c2cccs2)cc1. The molecule has 4 heterocycles. The highest BCUT2D eigenvalue weighted by Crippen LogP contribution is 2.49. The lowest BCUT2D eigenvalue weighted by molar-refractivity contribution is 0.830. The molecule has 6 nitrogen and oxygen atoms in total. The van der Waals surface area contributed by atoms with Gasteiger partial charge in [0.1, 0.15) is 6.04 Å². The fraction of sp³-hybridized carbons (Fsp3) is 0.129. The lowest BCUT2D eigenvalue weighted by atomic mass is 9.98. The van der Waals surface area contributed by atoms with Crippen molar-refractivity contribution < 1.29 is 0 Å². The smallest absolute Gasteiger partial charge is 0.179 e. The molecule has 2 aromatic heterocycles. The highest BCUT2D eigenvalue weighted by molar-refractivity contribution is 7.10. The molecule has 0 saturated heterocycles.